The van der Waals surface area contributed by atoms with Crippen LogP contribution in [-0.4, -0.2) is 37.7 Å². The minimum Gasteiger partial charge on any atom is -0.423 e. The summed E-state index contributed by atoms with van der Waals surface area (Å²) in [6, 6.07) is 8.50. The molecule has 6 nitrogen and oxygen atoms in total. The molecular weight excluding hydrogens is 284 g/mol. The molecular formula is C16H18N2O4. The van der Waals surface area contributed by atoms with Gasteiger partial charge < -0.3 is 9.32 Å². The van der Waals surface area contributed by atoms with Gasteiger partial charge in [0, 0.05) is 25.0 Å². The molecule has 1 unspecified atom stereocenters. The molecule has 2 aromatic rings. The van der Waals surface area contributed by atoms with Crippen molar-refractivity contribution in [3.05, 3.63) is 40.8 Å². The van der Waals surface area contributed by atoms with Gasteiger partial charge in [-0.2, -0.15) is 0 Å². The van der Waals surface area contributed by atoms with Gasteiger partial charge in [-0.05, 0) is 25.0 Å². The van der Waals surface area contributed by atoms with E-state index < -0.39 is 5.63 Å². The number of nitrogens with zero attached hydrogens (tertiary/aromatic N) is 2. The fourth-order valence-corrected chi connectivity index (χ4v) is 2.94. The summed E-state index contributed by atoms with van der Waals surface area (Å²) in [6.07, 6.45) is 1.63. The lowest BCUT2D eigenvalue weighted by Gasteiger charge is -2.28. The van der Waals surface area contributed by atoms with Crippen LogP contribution in [0.25, 0.3) is 11.0 Å². The highest BCUT2D eigenvalue weighted by Crippen LogP contribution is 2.31. The zero-order chi connectivity index (χ0) is 15.7. The Hall–Kier alpha value is -2.34. The quantitative estimate of drug-likeness (QED) is 0.639. The van der Waals surface area contributed by atoms with Crippen molar-refractivity contribution in [2.75, 3.05) is 25.6 Å². The van der Waals surface area contributed by atoms with Gasteiger partial charge in [-0.1, -0.05) is 12.1 Å². The van der Waals surface area contributed by atoms with E-state index in [-0.39, 0.29) is 11.9 Å². The van der Waals surface area contributed by atoms with E-state index in [4.69, 9.17) is 9.25 Å². The molecule has 0 bridgehead atoms. The van der Waals surface area contributed by atoms with Crippen molar-refractivity contribution in [3.63, 3.8) is 0 Å². The Bertz CT molecular complexity index is 755. The van der Waals surface area contributed by atoms with Crippen LogP contribution in [0.3, 0.4) is 0 Å². The number of hydrogen-bond donors (Lipinski definition) is 0. The van der Waals surface area contributed by atoms with E-state index in [0.29, 0.717) is 5.58 Å². The van der Waals surface area contributed by atoms with Crippen molar-refractivity contribution in [1.82, 2.24) is 5.06 Å². The average molecular weight is 302 g/mol. The maximum absolute atomic E-state index is 12.4. The van der Waals surface area contributed by atoms with E-state index >= 15 is 0 Å². The molecule has 1 aliphatic rings. The van der Waals surface area contributed by atoms with E-state index in [1.54, 1.807) is 13.1 Å². The molecule has 1 fully saturated rings. The van der Waals surface area contributed by atoms with Crippen LogP contribution in [-0.2, 0) is 9.63 Å². The van der Waals surface area contributed by atoms with Gasteiger partial charge >= 0.3 is 5.63 Å². The first-order valence-corrected chi connectivity index (χ1v) is 7.23. The smallest absolute Gasteiger partial charge is 0.338 e. The zero-order valence-electron chi connectivity index (χ0n) is 12.6. The minimum absolute atomic E-state index is 0.114. The second-order valence-electron chi connectivity index (χ2n) is 5.32. The summed E-state index contributed by atoms with van der Waals surface area (Å²) in [5.41, 5.74) is 0.863. The van der Waals surface area contributed by atoms with Crippen LogP contribution in [0.5, 0.6) is 0 Å². The summed E-state index contributed by atoms with van der Waals surface area (Å²) in [6.45, 7) is 0.724. The second-order valence-corrected chi connectivity index (χ2v) is 5.32. The molecule has 1 saturated heterocycles. The number of likely N-dealkylation sites (N-methyl/N-ethyl adjacent to an activating group) is 1. The summed E-state index contributed by atoms with van der Waals surface area (Å²) in [5.74, 6) is -0.114. The fraction of sp³-hybridized carbons (Fsp3) is 0.375. The molecule has 22 heavy (non-hydrogen) atoms. The van der Waals surface area contributed by atoms with Gasteiger partial charge in [-0.25, -0.2) is 9.86 Å². The SMILES string of the molecule is CON(C)C(=O)C1CCCN1c1cc(=O)oc2ccccc12. The van der Waals surface area contributed by atoms with Crippen molar-refractivity contribution < 1.29 is 14.0 Å². The first-order valence-electron chi connectivity index (χ1n) is 7.23. The third kappa shape index (κ3) is 2.46. The summed E-state index contributed by atoms with van der Waals surface area (Å²) in [4.78, 5) is 31.2. The van der Waals surface area contributed by atoms with Crippen molar-refractivity contribution in [3.8, 4) is 0 Å². The van der Waals surface area contributed by atoms with Gasteiger partial charge in [0.15, 0.2) is 0 Å². The van der Waals surface area contributed by atoms with Gasteiger partial charge in [0.2, 0.25) is 0 Å². The Morgan fingerprint density at radius 2 is 2.18 bits per heavy atom. The van der Waals surface area contributed by atoms with Gasteiger partial charge in [-0.3, -0.25) is 9.63 Å². The van der Waals surface area contributed by atoms with E-state index in [1.165, 1.54) is 18.2 Å². The molecule has 3 rings (SSSR count). The normalized spacial score (nSPS) is 17.9. The van der Waals surface area contributed by atoms with Crippen LogP contribution < -0.4 is 10.5 Å². The molecule has 0 radical (unpaired) electrons. The van der Waals surface area contributed by atoms with E-state index in [2.05, 4.69) is 0 Å². The molecule has 0 saturated carbocycles. The highest BCUT2D eigenvalue weighted by atomic mass is 16.7. The Kier molecular flexibility index (Phi) is 3.85. The lowest BCUT2D eigenvalue weighted by Crippen LogP contribution is -2.44. The van der Waals surface area contributed by atoms with Gasteiger partial charge in [0.1, 0.15) is 11.6 Å². The molecule has 6 heteroatoms. The van der Waals surface area contributed by atoms with Crippen molar-refractivity contribution in [2.24, 2.45) is 0 Å². The number of hydroxylamine groups is 2. The molecule has 0 aliphatic carbocycles. The first-order chi connectivity index (χ1) is 10.6. The maximum atomic E-state index is 12.4. The van der Waals surface area contributed by atoms with E-state index in [0.717, 1.165) is 30.5 Å². The summed E-state index contributed by atoms with van der Waals surface area (Å²) < 4.78 is 5.22. The molecule has 0 N–H and O–H groups in total. The number of carbonyl (C=O) groups is 1. The van der Waals surface area contributed by atoms with Crippen LogP contribution in [0.4, 0.5) is 5.69 Å². The first kappa shape index (κ1) is 14.6. The summed E-state index contributed by atoms with van der Waals surface area (Å²) in [7, 11) is 3.06. The lowest BCUT2D eigenvalue weighted by atomic mass is 10.1. The molecule has 0 spiro atoms. The summed E-state index contributed by atoms with van der Waals surface area (Å²) >= 11 is 0. The van der Waals surface area contributed by atoms with Crippen LogP contribution >= 0.6 is 0 Å². The third-order valence-corrected chi connectivity index (χ3v) is 4.06. The minimum atomic E-state index is -0.410. The molecule has 1 atom stereocenters. The highest BCUT2D eigenvalue weighted by Gasteiger charge is 2.34. The molecule has 1 aromatic heterocycles. The number of rotatable bonds is 3. The van der Waals surface area contributed by atoms with E-state index in [9.17, 15) is 9.59 Å². The largest absolute Gasteiger partial charge is 0.423 e. The monoisotopic (exact) mass is 302 g/mol. The van der Waals surface area contributed by atoms with Crippen molar-refractivity contribution >= 4 is 22.6 Å². The lowest BCUT2D eigenvalue weighted by molar-refractivity contribution is -0.169. The van der Waals surface area contributed by atoms with Crippen LogP contribution in [0.1, 0.15) is 12.8 Å². The molecule has 2 heterocycles. The topological polar surface area (TPSA) is 63.0 Å². The fourth-order valence-electron chi connectivity index (χ4n) is 2.94. The second kappa shape index (κ2) is 5.81. The summed E-state index contributed by atoms with van der Waals surface area (Å²) in [5, 5.41) is 2.07. The number of para-hydroxylation sites is 1. The number of hydrogen-bond acceptors (Lipinski definition) is 5. The Labute approximate surface area is 127 Å². The van der Waals surface area contributed by atoms with Crippen LogP contribution in [0.15, 0.2) is 39.5 Å². The van der Waals surface area contributed by atoms with Crippen LogP contribution in [0, 0.1) is 0 Å². The van der Waals surface area contributed by atoms with Crippen molar-refractivity contribution in [1.29, 1.82) is 0 Å². The molecule has 116 valence electrons. The number of carbonyl (C=O) groups excluding carboxylic acids is 1. The van der Waals surface area contributed by atoms with Crippen LogP contribution in [0.2, 0.25) is 0 Å². The highest BCUT2D eigenvalue weighted by molar-refractivity contribution is 5.93. The number of anilines is 1. The van der Waals surface area contributed by atoms with Gasteiger partial charge in [-0.15, -0.1) is 0 Å². The number of amides is 1. The maximum Gasteiger partial charge on any atom is 0.338 e. The third-order valence-electron chi connectivity index (χ3n) is 4.06. The average Bonchev–Trinajstić information content (AvgIpc) is 3.01. The molecule has 1 aliphatic heterocycles. The predicted octanol–water partition coefficient (Wildman–Crippen LogP) is 1.78. The number of fused-ring (bicyclic) bond motifs is 1. The van der Waals surface area contributed by atoms with E-state index in [1.807, 2.05) is 23.1 Å². The van der Waals surface area contributed by atoms with Crippen molar-refractivity contribution in [2.45, 2.75) is 18.9 Å². The standard InChI is InChI=1S/C16H18N2O4/c1-17(21-2)16(20)12-7-5-9-18(12)13-10-15(19)22-14-8-4-3-6-11(13)14/h3-4,6,8,10,12H,5,7,9H2,1-2H3. The Balaban J connectivity index is 2.06. The number of benzene rings is 1. The molecule has 1 aromatic carbocycles. The molecule has 1 amide bonds. The Morgan fingerprint density at radius 1 is 1.41 bits per heavy atom. The Morgan fingerprint density at radius 3 is 2.95 bits per heavy atom. The predicted molar refractivity (Wildman–Crippen MR) is 82.6 cm³/mol. The van der Waals surface area contributed by atoms with Gasteiger partial charge in [0.25, 0.3) is 5.91 Å². The zero-order valence-corrected chi connectivity index (χ0v) is 12.6. The van der Waals surface area contributed by atoms with Gasteiger partial charge in [0.05, 0.1) is 12.8 Å².